The van der Waals surface area contributed by atoms with Crippen LogP contribution in [-0.2, 0) is 4.74 Å². The van der Waals surface area contributed by atoms with Gasteiger partial charge < -0.3 is 9.64 Å². The fraction of sp³-hybridized carbons (Fsp3) is 0.500. The second kappa shape index (κ2) is 7.02. The van der Waals surface area contributed by atoms with Gasteiger partial charge >= 0.3 is 0 Å². The average molecular weight is 323 g/mol. The number of carbonyl (C=O) groups excluding carboxylic acids is 1. The zero-order valence-electron chi connectivity index (χ0n) is 13.3. The number of carbonyl (C=O) groups is 1. The quantitative estimate of drug-likeness (QED) is 0.845. The molecular formula is C16H19F2N3O2. The number of amides is 1. The Labute approximate surface area is 134 Å². The number of hydrogen-bond donors (Lipinski definition) is 0. The summed E-state index contributed by atoms with van der Waals surface area (Å²) in [6, 6.07) is 3.46. The number of likely N-dealkylation sites (N-methyl/N-ethyl adjacent to an activating group) is 2. The summed E-state index contributed by atoms with van der Waals surface area (Å²) in [6.45, 7) is 1.09. The summed E-state index contributed by atoms with van der Waals surface area (Å²) < 4.78 is 33.2. The Hall–Kier alpha value is -2.04. The van der Waals surface area contributed by atoms with E-state index in [1.54, 1.807) is 13.2 Å². The Bertz CT molecular complexity index is 622. The van der Waals surface area contributed by atoms with E-state index in [4.69, 9.17) is 10.00 Å². The lowest BCUT2D eigenvalue weighted by molar-refractivity contribution is 0.0750. The lowest BCUT2D eigenvalue weighted by atomic mass is 10.1. The first kappa shape index (κ1) is 17.3. The van der Waals surface area contributed by atoms with Crippen molar-refractivity contribution in [1.82, 2.24) is 9.80 Å². The van der Waals surface area contributed by atoms with E-state index in [2.05, 4.69) is 4.90 Å². The summed E-state index contributed by atoms with van der Waals surface area (Å²) in [5.41, 5.74) is -0.784. The van der Waals surface area contributed by atoms with Crippen molar-refractivity contribution in [1.29, 1.82) is 5.26 Å². The largest absolute Gasteiger partial charge is 0.380 e. The van der Waals surface area contributed by atoms with Crippen LogP contribution in [0, 0.1) is 23.0 Å². The molecule has 1 aromatic rings. The molecule has 0 bridgehead atoms. The number of rotatable bonds is 4. The van der Waals surface area contributed by atoms with Crippen LogP contribution in [0.2, 0.25) is 0 Å². The molecule has 0 N–H and O–H groups in total. The highest BCUT2D eigenvalue weighted by atomic mass is 19.1. The van der Waals surface area contributed by atoms with Gasteiger partial charge in [0.2, 0.25) is 0 Å². The van der Waals surface area contributed by atoms with Gasteiger partial charge in [-0.2, -0.15) is 5.26 Å². The summed E-state index contributed by atoms with van der Waals surface area (Å²) in [4.78, 5) is 15.7. The van der Waals surface area contributed by atoms with Gasteiger partial charge in [-0.3, -0.25) is 9.69 Å². The Morgan fingerprint density at radius 2 is 2.09 bits per heavy atom. The van der Waals surface area contributed by atoms with Crippen molar-refractivity contribution < 1.29 is 18.3 Å². The smallest absolute Gasteiger partial charge is 0.259 e. The Morgan fingerprint density at radius 1 is 1.48 bits per heavy atom. The molecule has 1 saturated heterocycles. The number of ether oxygens (including phenoxy) is 1. The molecule has 0 saturated carbocycles. The van der Waals surface area contributed by atoms with Gasteiger partial charge in [0.1, 0.15) is 17.2 Å². The molecule has 2 atom stereocenters. The maximum Gasteiger partial charge on any atom is 0.259 e. The molecule has 1 aliphatic heterocycles. The summed E-state index contributed by atoms with van der Waals surface area (Å²) in [5.74, 6) is -2.78. The molecule has 124 valence electrons. The van der Waals surface area contributed by atoms with Crippen LogP contribution in [0.5, 0.6) is 0 Å². The highest BCUT2D eigenvalue weighted by molar-refractivity contribution is 5.94. The van der Waals surface area contributed by atoms with Crippen LogP contribution < -0.4 is 0 Å². The molecule has 7 heteroatoms. The van der Waals surface area contributed by atoms with Crippen molar-refractivity contribution in [3.05, 3.63) is 34.9 Å². The van der Waals surface area contributed by atoms with Crippen molar-refractivity contribution in [3.63, 3.8) is 0 Å². The van der Waals surface area contributed by atoms with Crippen molar-refractivity contribution in [3.8, 4) is 6.07 Å². The standard InChI is InChI=1S/C16H19F2N3O2/c1-20-9-12(23-3)6-11(20)8-21(2)16(22)15-13(17)4-10(7-19)5-14(15)18/h4-5,11-12H,6,8-9H2,1-3H3/t11-,12-/m0/s1. The van der Waals surface area contributed by atoms with Gasteiger partial charge in [0.05, 0.1) is 17.7 Å². The Kier molecular flexibility index (Phi) is 5.29. The van der Waals surface area contributed by atoms with E-state index < -0.39 is 23.1 Å². The minimum absolute atomic E-state index is 0.0680. The van der Waals surface area contributed by atoms with Crippen LogP contribution in [0.25, 0.3) is 0 Å². The third-order valence-electron chi connectivity index (χ3n) is 4.20. The maximum absolute atomic E-state index is 13.9. The van der Waals surface area contributed by atoms with Crippen LogP contribution in [-0.4, -0.2) is 62.1 Å². The zero-order chi connectivity index (χ0) is 17.1. The lowest BCUT2D eigenvalue weighted by Crippen LogP contribution is -2.40. The molecular weight excluding hydrogens is 304 g/mol. The monoisotopic (exact) mass is 323 g/mol. The SMILES string of the molecule is CO[C@H]1C[C@@H](CN(C)C(=O)c2c(F)cc(C#N)cc2F)N(C)C1. The van der Waals surface area contributed by atoms with E-state index in [1.165, 1.54) is 11.9 Å². The number of hydrogen-bond acceptors (Lipinski definition) is 4. The maximum atomic E-state index is 13.9. The summed E-state index contributed by atoms with van der Waals surface area (Å²) in [5, 5.41) is 8.70. The highest BCUT2D eigenvalue weighted by Gasteiger charge is 2.32. The van der Waals surface area contributed by atoms with E-state index in [0.717, 1.165) is 25.1 Å². The molecule has 1 aliphatic rings. The number of methoxy groups -OCH3 is 1. The van der Waals surface area contributed by atoms with Crippen molar-refractivity contribution in [2.24, 2.45) is 0 Å². The van der Waals surface area contributed by atoms with E-state index in [9.17, 15) is 13.6 Å². The lowest BCUT2D eigenvalue weighted by Gasteiger charge is -2.25. The van der Waals surface area contributed by atoms with Gasteiger partial charge in [-0.05, 0) is 25.6 Å². The second-order valence-electron chi connectivity index (χ2n) is 5.80. The van der Waals surface area contributed by atoms with Gasteiger partial charge in [0.25, 0.3) is 5.91 Å². The van der Waals surface area contributed by atoms with Crippen molar-refractivity contribution >= 4 is 5.91 Å². The van der Waals surface area contributed by atoms with E-state index in [0.29, 0.717) is 6.54 Å². The molecule has 0 unspecified atom stereocenters. The number of halogens is 2. The summed E-state index contributed by atoms with van der Waals surface area (Å²) in [6.07, 6.45) is 0.847. The fourth-order valence-electron chi connectivity index (χ4n) is 2.84. The van der Waals surface area contributed by atoms with Crippen molar-refractivity contribution in [2.75, 3.05) is 34.3 Å². The van der Waals surface area contributed by atoms with E-state index in [-0.39, 0.29) is 17.7 Å². The summed E-state index contributed by atoms with van der Waals surface area (Å²) >= 11 is 0. The third-order valence-corrected chi connectivity index (χ3v) is 4.20. The predicted molar refractivity (Wildman–Crippen MR) is 79.9 cm³/mol. The molecule has 0 aromatic heterocycles. The first-order chi connectivity index (χ1) is 10.9. The van der Waals surface area contributed by atoms with E-state index >= 15 is 0 Å². The topological polar surface area (TPSA) is 56.6 Å². The van der Waals surface area contributed by atoms with Crippen LogP contribution in [0.15, 0.2) is 12.1 Å². The van der Waals surface area contributed by atoms with Crippen LogP contribution in [0.4, 0.5) is 8.78 Å². The van der Waals surface area contributed by atoms with Gasteiger partial charge in [0.15, 0.2) is 0 Å². The molecule has 1 aromatic carbocycles. The van der Waals surface area contributed by atoms with E-state index in [1.807, 2.05) is 7.05 Å². The van der Waals surface area contributed by atoms with Crippen LogP contribution in [0.1, 0.15) is 22.3 Å². The molecule has 5 nitrogen and oxygen atoms in total. The minimum atomic E-state index is -1.02. The second-order valence-corrected chi connectivity index (χ2v) is 5.80. The molecule has 0 radical (unpaired) electrons. The molecule has 1 fully saturated rings. The summed E-state index contributed by atoms with van der Waals surface area (Å²) in [7, 11) is 5.07. The fourth-order valence-corrected chi connectivity index (χ4v) is 2.84. The first-order valence-corrected chi connectivity index (χ1v) is 7.25. The molecule has 0 aliphatic carbocycles. The Morgan fingerprint density at radius 3 is 2.57 bits per heavy atom. The van der Waals surface area contributed by atoms with Gasteiger partial charge in [0, 0.05) is 33.3 Å². The van der Waals surface area contributed by atoms with Gasteiger partial charge in [-0.25, -0.2) is 8.78 Å². The molecule has 2 rings (SSSR count). The minimum Gasteiger partial charge on any atom is -0.380 e. The molecule has 1 amide bonds. The average Bonchev–Trinajstić information content (AvgIpc) is 2.86. The molecule has 1 heterocycles. The number of nitrogens with zero attached hydrogens (tertiary/aromatic N) is 3. The normalized spacial score (nSPS) is 21.2. The number of nitriles is 1. The number of likely N-dealkylation sites (tertiary alicyclic amines) is 1. The van der Waals surface area contributed by atoms with Gasteiger partial charge in [-0.1, -0.05) is 0 Å². The first-order valence-electron chi connectivity index (χ1n) is 7.25. The molecule has 23 heavy (non-hydrogen) atoms. The highest BCUT2D eigenvalue weighted by Crippen LogP contribution is 2.21. The molecule has 0 spiro atoms. The third kappa shape index (κ3) is 3.66. The van der Waals surface area contributed by atoms with Crippen molar-refractivity contribution in [2.45, 2.75) is 18.6 Å². The number of benzene rings is 1. The predicted octanol–water partition coefficient (Wildman–Crippen LogP) is 1.63. The van der Waals surface area contributed by atoms with Crippen LogP contribution >= 0.6 is 0 Å². The van der Waals surface area contributed by atoms with Crippen LogP contribution in [0.3, 0.4) is 0 Å². The van der Waals surface area contributed by atoms with Gasteiger partial charge in [-0.15, -0.1) is 0 Å². The zero-order valence-corrected chi connectivity index (χ0v) is 13.3. The Balaban J connectivity index is 2.13.